The molecule has 4 nitrogen and oxygen atoms in total. The molecule has 0 saturated carbocycles. The molecule has 5 heteroatoms. The highest BCUT2D eigenvalue weighted by Crippen LogP contribution is 2.25. The molecule has 0 bridgehead atoms. The summed E-state index contributed by atoms with van der Waals surface area (Å²) in [6.07, 6.45) is 1.03. The second kappa shape index (κ2) is 5.92. The minimum absolute atomic E-state index is 0.0649. The summed E-state index contributed by atoms with van der Waals surface area (Å²) in [6, 6.07) is 5.93. The largest absolute Gasteiger partial charge is 0.497 e. The fourth-order valence-corrected chi connectivity index (χ4v) is 2.73. The van der Waals surface area contributed by atoms with Crippen LogP contribution in [0.3, 0.4) is 0 Å². The van der Waals surface area contributed by atoms with Gasteiger partial charge in [0.1, 0.15) is 5.75 Å². The minimum Gasteiger partial charge on any atom is -0.497 e. The van der Waals surface area contributed by atoms with E-state index in [1.54, 1.807) is 13.2 Å². The van der Waals surface area contributed by atoms with Crippen LogP contribution in [-0.2, 0) is 0 Å². The highest BCUT2D eigenvalue weighted by atomic mass is 79.9. The fourth-order valence-electron chi connectivity index (χ4n) is 2.31. The van der Waals surface area contributed by atoms with Gasteiger partial charge in [-0.3, -0.25) is 4.79 Å². The van der Waals surface area contributed by atoms with E-state index in [4.69, 9.17) is 4.74 Å². The van der Waals surface area contributed by atoms with Crippen LogP contribution in [-0.4, -0.2) is 56.0 Å². The van der Waals surface area contributed by atoms with Gasteiger partial charge in [0.2, 0.25) is 0 Å². The van der Waals surface area contributed by atoms with Crippen molar-refractivity contribution in [2.24, 2.45) is 0 Å². The smallest absolute Gasteiger partial charge is 0.255 e. The van der Waals surface area contributed by atoms with Crippen LogP contribution < -0.4 is 4.74 Å². The monoisotopic (exact) mass is 326 g/mol. The first kappa shape index (κ1) is 14.3. The maximum atomic E-state index is 12.5. The Kier molecular flexibility index (Phi) is 4.47. The number of carbonyl (C=O) groups excluding carboxylic acids is 1. The summed E-state index contributed by atoms with van der Waals surface area (Å²) in [5, 5.41) is 0. The van der Waals surface area contributed by atoms with E-state index in [1.807, 2.05) is 17.0 Å². The number of likely N-dealkylation sites (tertiary alicyclic amines) is 1. The Morgan fingerprint density at radius 1 is 1.47 bits per heavy atom. The SMILES string of the molecule is COc1ccc(Br)c(C(=O)N2CCC(N(C)C)C2)c1. The summed E-state index contributed by atoms with van der Waals surface area (Å²) in [6.45, 7) is 1.60. The number of carbonyl (C=O) groups is 1. The lowest BCUT2D eigenvalue weighted by Crippen LogP contribution is -2.34. The number of rotatable bonds is 3. The average molecular weight is 327 g/mol. The summed E-state index contributed by atoms with van der Waals surface area (Å²) in [5.74, 6) is 0.769. The molecule has 1 amide bonds. The zero-order valence-electron chi connectivity index (χ0n) is 11.5. The van der Waals surface area contributed by atoms with Gasteiger partial charge in [-0.1, -0.05) is 0 Å². The van der Waals surface area contributed by atoms with E-state index in [2.05, 4.69) is 34.9 Å². The standard InChI is InChI=1S/C14H19BrN2O2/c1-16(2)10-6-7-17(9-10)14(18)12-8-11(19-3)4-5-13(12)15/h4-5,8,10H,6-7,9H2,1-3H3. The number of halogens is 1. The predicted octanol–water partition coefficient (Wildman–Crippen LogP) is 2.23. The van der Waals surface area contributed by atoms with E-state index < -0.39 is 0 Å². The number of likely N-dealkylation sites (N-methyl/N-ethyl adjacent to an activating group) is 1. The summed E-state index contributed by atoms with van der Waals surface area (Å²) >= 11 is 3.44. The Hall–Kier alpha value is -1.07. The van der Waals surface area contributed by atoms with Crippen LogP contribution in [0.2, 0.25) is 0 Å². The zero-order valence-corrected chi connectivity index (χ0v) is 13.1. The van der Waals surface area contributed by atoms with Crippen LogP contribution in [0, 0.1) is 0 Å². The number of amides is 1. The van der Waals surface area contributed by atoms with Crippen molar-refractivity contribution in [3.05, 3.63) is 28.2 Å². The van der Waals surface area contributed by atoms with E-state index in [0.717, 1.165) is 24.0 Å². The summed E-state index contributed by atoms with van der Waals surface area (Å²) < 4.78 is 5.99. The van der Waals surface area contributed by atoms with E-state index in [-0.39, 0.29) is 5.91 Å². The summed E-state index contributed by atoms with van der Waals surface area (Å²) in [4.78, 5) is 16.6. The number of hydrogen-bond acceptors (Lipinski definition) is 3. The maximum Gasteiger partial charge on any atom is 0.255 e. The second-order valence-corrected chi connectivity index (χ2v) is 5.86. The van der Waals surface area contributed by atoms with Crippen molar-refractivity contribution in [3.63, 3.8) is 0 Å². The van der Waals surface area contributed by atoms with Crippen LogP contribution in [0.4, 0.5) is 0 Å². The lowest BCUT2D eigenvalue weighted by molar-refractivity contribution is 0.0782. The van der Waals surface area contributed by atoms with Crippen LogP contribution in [0.5, 0.6) is 5.75 Å². The van der Waals surface area contributed by atoms with E-state index in [1.165, 1.54) is 0 Å². The van der Waals surface area contributed by atoms with Gasteiger partial charge in [0, 0.05) is 23.6 Å². The Morgan fingerprint density at radius 3 is 2.79 bits per heavy atom. The van der Waals surface area contributed by atoms with E-state index in [9.17, 15) is 4.79 Å². The van der Waals surface area contributed by atoms with Gasteiger partial charge in [0.05, 0.1) is 12.7 Å². The van der Waals surface area contributed by atoms with Crippen LogP contribution in [0.15, 0.2) is 22.7 Å². The van der Waals surface area contributed by atoms with Gasteiger partial charge in [-0.25, -0.2) is 0 Å². The molecule has 0 radical (unpaired) electrons. The van der Waals surface area contributed by atoms with Gasteiger partial charge < -0.3 is 14.5 Å². The van der Waals surface area contributed by atoms with Crippen molar-refractivity contribution in [1.82, 2.24) is 9.80 Å². The molecule has 1 atom stereocenters. The van der Waals surface area contributed by atoms with E-state index >= 15 is 0 Å². The third-order valence-corrected chi connectivity index (χ3v) is 4.28. The van der Waals surface area contributed by atoms with Crippen molar-refractivity contribution in [1.29, 1.82) is 0 Å². The molecular formula is C14H19BrN2O2. The molecule has 19 heavy (non-hydrogen) atoms. The summed E-state index contributed by atoms with van der Waals surface area (Å²) in [5.41, 5.74) is 0.666. The molecule has 1 heterocycles. The molecule has 1 aliphatic rings. The molecule has 1 aromatic carbocycles. The molecule has 2 rings (SSSR count). The van der Waals surface area contributed by atoms with Crippen LogP contribution >= 0.6 is 15.9 Å². The molecular weight excluding hydrogens is 308 g/mol. The normalized spacial score (nSPS) is 19.0. The number of methoxy groups -OCH3 is 1. The Balaban J connectivity index is 2.16. The van der Waals surface area contributed by atoms with Crippen molar-refractivity contribution in [2.45, 2.75) is 12.5 Å². The first-order valence-corrected chi connectivity index (χ1v) is 7.11. The van der Waals surface area contributed by atoms with E-state index in [0.29, 0.717) is 17.4 Å². The average Bonchev–Trinajstić information content (AvgIpc) is 2.88. The topological polar surface area (TPSA) is 32.8 Å². The maximum absolute atomic E-state index is 12.5. The minimum atomic E-state index is 0.0649. The third-order valence-electron chi connectivity index (χ3n) is 3.58. The highest BCUT2D eigenvalue weighted by molar-refractivity contribution is 9.10. The zero-order chi connectivity index (χ0) is 14.0. The van der Waals surface area contributed by atoms with Gasteiger partial charge >= 0.3 is 0 Å². The van der Waals surface area contributed by atoms with Crippen molar-refractivity contribution in [2.75, 3.05) is 34.3 Å². The highest BCUT2D eigenvalue weighted by Gasteiger charge is 2.29. The first-order valence-electron chi connectivity index (χ1n) is 6.32. The molecule has 1 unspecified atom stereocenters. The fraction of sp³-hybridized carbons (Fsp3) is 0.500. The molecule has 0 N–H and O–H groups in total. The summed E-state index contributed by atoms with van der Waals surface area (Å²) in [7, 11) is 5.72. The van der Waals surface area contributed by atoms with Gasteiger partial charge in [-0.2, -0.15) is 0 Å². The molecule has 104 valence electrons. The molecule has 0 aromatic heterocycles. The Bertz CT molecular complexity index is 477. The first-order chi connectivity index (χ1) is 9.02. The third kappa shape index (κ3) is 3.09. The number of nitrogens with zero attached hydrogens (tertiary/aromatic N) is 2. The molecule has 0 spiro atoms. The molecule has 1 aromatic rings. The van der Waals surface area contributed by atoms with Crippen LogP contribution in [0.25, 0.3) is 0 Å². The van der Waals surface area contributed by atoms with Crippen molar-refractivity contribution in [3.8, 4) is 5.75 Å². The van der Waals surface area contributed by atoms with Crippen molar-refractivity contribution >= 4 is 21.8 Å². The molecule has 1 fully saturated rings. The van der Waals surface area contributed by atoms with Crippen molar-refractivity contribution < 1.29 is 9.53 Å². The predicted molar refractivity (Wildman–Crippen MR) is 78.7 cm³/mol. The molecule has 0 aliphatic carbocycles. The quantitative estimate of drug-likeness (QED) is 0.854. The van der Waals surface area contributed by atoms with Crippen LogP contribution in [0.1, 0.15) is 16.8 Å². The lowest BCUT2D eigenvalue weighted by atomic mass is 10.2. The van der Waals surface area contributed by atoms with Gasteiger partial charge in [-0.05, 0) is 54.6 Å². The Labute approximate surface area is 122 Å². The number of benzene rings is 1. The second-order valence-electron chi connectivity index (χ2n) is 5.00. The number of ether oxygens (including phenoxy) is 1. The van der Waals surface area contributed by atoms with Gasteiger partial charge in [0.15, 0.2) is 0 Å². The van der Waals surface area contributed by atoms with Gasteiger partial charge in [-0.15, -0.1) is 0 Å². The molecule has 1 saturated heterocycles. The Morgan fingerprint density at radius 2 is 2.21 bits per heavy atom. The molecule has 1 aliphatic heterocycles. The van der Waals surface area contributed by atoms with Gasteiger partial charge in [0.25, 0.3) is 5.91 Å². The lowest BCUT2D eigenvalue weighted by Gasteiger charge is -2.21. The number of hydrogen-bond donors (Lipinski definition) is 0.